The molecule has 4 nitrogen and oxygen atoms in total. The van der Waals surface area contributed by atoms with Crippen LogP contribution >= 0.6 is 11.3 Å². The number of rotatable bonds is 2. The van der Waals surface area contributed by atoms with Crippen molar-refractivity contribution in [1.29, 1.82) is 0 Å². The second kappa shape index (κ2) is 4.35. The first-order chi connectivity index (χ1) is 9.06. The molecule has 1 aromatic carbocycles. The molecule has 1 aliphatic rings. The van der Waals surface area contributed by atoms with Crippen LogP contribution in [0.2, 0.25) is 0 Å². The zero-order chi connectivity index (χ0) is 13.6. The molecular weight excluding hydrogens is 258 g/mol. The van der Waals surface area contributed by atoms with E-state index in [9.17, 15) is 4.79 Å². The monoisotopic (exact) mass is 273 g/mol. The minimum atomic E-state index is 0.152. The maximum absolute atomic E-state index is 11.7. The van der Waals surface area contributed by atoms with Crippen LogP contribution in [0.1, 0.15) is 5.56 Å². The van der Waals surface area contributed by atoms with Crippen LogP contribution in [0, 0.1) is 0 Å². The van der Waals surface area contributed by atoms with Gasteiger partial charge in [0, 0.05) is 37.8 Å². The molecule has 0 N–H and O–H groups in total. The van der Waals surface area contributed by atoms with E-state index in [1.54, 1.807) is 16.2 Å². The maximum Gasteiger partial charge on any atom is 0.231 e. The Hall–Kier alpha value is -1.88. The highest BCUT2D eigenvalue weighted by Crippen LogP contribution is 2.33. The van der Waals surface area contributed by atoms with E-state index >= 15 is 0 Å². The number of benzene rings is 1. The molecule has 0 saturated carbocycles. The Kier molecular flexibility index (Phi) is 2.78. The lowest BCUT2D eigenvalue weighted by Gasteiger charge is -2.10. The number of hydrogen-bond acceptors (Lipinski definition) is 4. The highest BCUT2D eigenvalue weighted by atomic mass is 32.1. The molecule has 0 unspecified atom stereocenters. The molecule has 0 aliphatic carbocycles. The number of fused-ring (bicyclic) bond motifs is 1. The van der Waals surface area contributed by atoms with Crippen LogP contribution in [0.3, 0.4) is 0 Å². The minimum absolute atomic E-state index is 0.152. The van der Waals surface area contributed by atoms with E-state index in [4.69, 9.17) is 0 Å². The summed E-state index contributed by atoms with van der Waals surface area (Å²) in [6.07, 6.45) is 0.490. The fourth-order valence-electron chi connectivity index (χ4n) is 2.23. The molecule has 2 heterocycles. The van der Waals surface area contributed by atoms with E-state index in [0.29, 0.717) is 6.42 Å². The predicted octanol–water partition coefficient (Wildman–Crippen LogP) is 2.40. The lowest BCUT2D eigenvalue weighted by atomic mass is 10.1. The van der Waals surface area contributed by atoms with Crippen molar-refractivity contribution in [3.8, 4) is 11.3 Å². The largest absolute Gasteiger partial charge is 0.354 e. The number of thiazole rings is 1. The Morgan fingerprint density at radius 2 is 2.16 bits per heavy atom. The third-order valence-electron chi connectivity index (χ3n) is 3.33. The van der Waals surface area contributed by atoms with Gasteiger partial charge in [0.15, 0.2) is 5.13 Å². The molecule has 0 atom stereocenters. The van der Waals surface area contributed by atoms with Crippen molar-refractivity contribution >= 4 is 28.1 Å². The summed E-state index contributed by atoms with van der Waals surface area (Å²) in [6, 6.07) is 6.11. The first-order valence-corrected chi connectivity index (χ1v) is 6.97. The summed E-state index contributed by atoms with van der Waals surface area (Å²) in [7, 11) is 5.79. The van der Waals surface area contributed by atoms with E-state index < -0.39 is 0 Å². The van der Waals surface area contributed by atoms with Crippen molar-refractivity contribution in [2.75, 3.05) is 30.9 Å². The second-order valence-electron chi connectivity index (χ2n) is 4.88. The van der Waals surface area contributed by atoms with Gasteiger partial charge < -0.3 is 9.80 Å². The zero-order valence-electron chi connectivity index (χ0n) is 11.2. The Bertz CT molecular complexity index is 648. The Morgan fingerprint density at radius 3 is 2.84 bits per heavy atom. The molecule has 0 fully saturated rings. The van der Waals surface area contributed by atoms with Crippen molar-refractivity contribution in [2.24, 2.45) is 0 Å². The number of anilines is 2. The molecular formula is C14H15N3OS. The Morgan fingerprint density at radius 1 is 1.37 bits per heavy atom. The molecule has 0 radical (unpaired) electrons. The van der Waals surface area contributed by atoms with Crippen LogP contribution in [0.15, 0.2) is 23.6 Å². The third kappa shape index (κ3) is 2.00. The van der Waals surface area contributed by atoms with Gasteiger partial charge in [-0.3, -0.25) is 4.79 Å². The van der Waals surface area contributed by atoms with Crippen LogP contribution in [-0.2, 0) is 11.2 Å². The van der Waals surface area contributed by atoms with Gasteiger partial charge in [-0.05, 0) is 17.7 Å². The molecule has 0 saturated heterocycles. The summed E-state index contributed by atoms with van der Waals surface area (Å²) in [5, 5.41) is 3.04. The van der Waals surface area contributed by atoms with E-state index in [-0.39, 0.29) is 5.91 Å². The average molecular weight is 273 g/mol. The van der Waals surface area contributed by atoms with Crippen molar-refractivity contribution in [1.82, 2.24) is 4.98 Å². The number of carbonyl (C=O) groups is 1. The van der Waals surface area contributed by atoms with Gasteiger partial charge in [-0.25, -0.2) is 4.98 Å². The van der Waals surface area contributed by atoms with Gasteiger partial charge in [0.05, 0.1) is 12.1 Å². The highest BCUT2D eigenvalue weighted by Gasteiger charge is 2.24. The van der Waals surface area contributed by atoms with Gasteiger partial charge in [0.2, 0.25) is 5.91 Å². The van der Waals surface area contributed by atoms with Crippen LogP contribution in [0.25, 0.3) is 11.3 Å². The summed E-state index contributed by atoms with van der Waals surface area (Å²) in [5.41, 5.74) is 4.14. The standard InChI is InChI=1S/C14H15N3OS/c1-16(2)14-15-11(8-19-14)9-4-5-12-10(6-9)7-13(18)17(12)3/h4-6,8H,7H2,1-3H3. The normalized spacial score (nSPS) is 13.8. The molecule has 0 spiro atoms. The number of aromatic nitrogens is 1. The molecule has 2 aromatic rings. The highest BCUT2D eigenvalue weighted by molar-refractivity contribution is 7.14. The number of nitrogens with zero attached hydrogens (tertiary/aromatic N) is 3. The fourth-order valence-corrected chi connectivity index (χ4v) is 3.00. The molecule has 1 aliphatic heterocycles. The molecule has 3 rings (SSSR count). The van der Waals surface area contributed by atoms with Crippen LogP contribution in [0.4, 0.5) is 10.8 Å². The van der Waals surface area contributed by atoms with Gasteiger partial charge in [-0.2, -0.15) is 0 Å². The van der Waals surface area contributed by atoms with Crippen molar-refractivity contribution in [2.45, 2.75) is 6.42 Å². The molecule has 1 aromatic heterocycles. The first kappa shape index (κ1) is 12.2. The summed E-state index contributed by atoms with van der Waals surface area (Å²) in [5.74, 6) is 0.152. The van der Waals surface area contributed by atoms with Gasteiger partial charge in [-0.15, -0.1) is 11.3 Å². The molecule has 0 bridgehead atoms. The summed E-state index contributed by atoms with van der Waals surface area (Å²) >= 11 is 1.62. The van der Waals surface area contributed by atoms with Gasteiger partial charge >= 0.3 is 0 Å². The van der Waals surface area contributed by atoms with Crippen molar-refractivity contribution in [3.63, 3.8) is 0 Å². The van der Waals surface area contributed by atoms with E-state index in [1.807, 2.05) is 38.2 Å². The second-order valence-corrected chi connectivity index (χ2v) is 5.72. The smallest absolute Gasteiger partial charge is 0.231 e. The average Bonchev–Trinajstić information content (AvgIpc) is 2.96. The lowest BCUT2D eigenvalue weighted by Crippen LogP contribution is -2.20. The molecule has 5 heteroatoms. The number of carbonyl (C=O) groups excluding carboxylic acids is 1. The summed E-state index contributed by atoms with van der Waals surface area (Å²) in [4.78, 5) is 20.0. The summed E-state index contributed by atoms with van der Waals surface area (Å²) < 4.78 is 0. The zero-order valence-corrected chi connectivity index (χ0v) is 12.0. The lowest BCUT2D eigenvalue weighted by molar-refractivity contribution is -0.117. The Balaban J connectivity index is 1.99. The van der Waals surface area contributed by atoms with Crippen molar-refractivity contribution < 1.29 is 4.79 Å². The van der Waals surface area contributed by atoms with Crippen LogP contribution in [0.5, 0.6) is 0 Å². The van der Waals surface area contributed by atoms with E-state index in [0.717, 1.165) is 27.6 Å². The maximum atomic E-state index is 11.7. The fraction of sp³-hybridized carbons (Fsp3) is 0.286. The topological polar surface area (TPSA) is 36.4 Å². The third-order valence-corrected chi connectivity index (χ3v) is 4.34. The van der Waals surface area contributed by atoms with Crippen LogP contribution < -0.4 is 9.80 Å². The summed E-state index contributed by atoms with van der Waals surface area (Å²) in [6.45, 7) is 0. The van der Waals surface area contributed by atoms with E-state index in [1.165, 1.54) is 0 Å². The molecule has 98 valence electrons. The Labute approximate surface area is 116 Å². The number of hydrogen-bond donors (Lipinski definition) is 0. The number of amides is 1. The quantitative estimate of drug-likeness (QED) is 0.843. The van der Waals surface area contributed by atoms with Crippen LogP contribution in [-0.4, -0.2) is 32.0 Å². The van der Waals surface area contributed by atoms with Gasteiger partial charge in [0.1, 0.15) is 0 Å². The minimum Gasteiger partial charge on any atom is -0.354 e. The SMILES string of the molecule is CN(C)c1nc(-c2ccc3c(c2)CC(=O)N3C)cs1. The van der Waals surface area contributed by atoms with Gasteiger partial charge in [0.25, 0.3) is 0 Å². The predicted molar refractivity (Wildman–Crippen MR) is 79.0 cm³/mol. The number of likely N-dealkylation sites (N-methyl/N-ethyl adjacent to an activating group) is 1. The molecule has 19 heavy (non-hydrogen) atoms. The molecule has 1 amide bonds. The van der Waals surface area contributed by atoms with Gasteiger partial charge in [-0.1, -0.05) is 6.07 Å². The van der Waals surface area contributed by atoms with E-state index in [2.05, 4.69) is 16.4 Å². The van der Waals surface area contributed by atoms with Crippen molar-refractivity contribution in [3.05, 3.63) is 29.1 Å². The first-order valence-electron chi connectivity index (χ1n) is 6.09.